The first-order valence-corrected chi connectivity index (χ1v) is 7.74. The Balaban J connectivity index is 1.85. The fourth-order valence-electron chi connectivity index (χ4n) is 3.02. The summed E-state index contributed by atoms with van der Waals surface area (Å²) in [7, 11) is 2.94. The first-order chi connectivity index (χ1) is 11.6. The predicted octanol–water partition coefficient (Wildman–Crippen LogP) is 2.37. The van der Waals surface area contributed by atoms with Crippen molar-refractivity contribution in [1.82, 2.24) is 0 Å². The molecule has 0 N–H and O–H groups in total. The van der Waals surface area contributed by atoms with E-state index < -0.39 is 12.0 Å². The summed E-state index contributed by atoms with van der Waals surface area (Å²) >= 11 is 0. The molecular formula is C19H19NO4. The largest absolute Gasteiger partial charge is 0.497 e. The van der Waals surface area contributed by atoms with Crippen LogP contribution in [0.3, 0.4) is 0 Å². The molecule has 0 fully saturated rings. The van der Waals surface area contributed by atoms with Gasteiger partial charge in [0.1, 0.15) is 11.8 Å². The molecule has 1 atom stereocenters. The maximum atomic E-state index is 12.8. The average molecular weight is 325 g/mol. The topological polar surface area (TPSA) is 55.8 Å². The number of fused-ring (bicyclic) bond motifs is 1. The van der Waals surface area contributed by atoms with Crippen molar-refractivity contribution in [2.75, 3.05) is 19.1 Å². The van der Waals surface area contributed by atoms with Crippen molar-refractivity contribution in [3.8, 4) is 5.75 Å². The first kappa shape index (κ1) is 16.1. The van der Waals surface area contributed by atoms with E-state index in [1.807, 2.05) is 48.5 Å². The van der Waals surface area contributed by atoms with E-state index in [1.165, 1.54) is 7.11 Å². The van der Waals surface area contributed by atoms with Crippen LogP contribution < -0.4 is 9.64 Å². The van der Waals surface area contributed by atoms with Crippen LogP contribution in [-0.4, -0.2) is 32.1 Å². The number of benzene rings is 2. The zero-order chi connectivity index (χ0) is 17.1. The van der Waals surface area contributed by atoms with Crippen LogP contribution in [0.2, 0.25) is 0 Å². The number of hydrogen-bond acceptors (Lipinski definition) is 4. The highest BCUT2D eigenvalue weighted by atomic mass is 16.5. The molecule has 0 saturated heterocycles. The second-order valence-corrected chi connectivity index (χ2v) is 5.66. The molecule has 0 aromatic heterocycles. The minimum atomic E-state index is -0.599. The lowest BCUT2D eigenvalue weighted by molar-refractivity contribution is -0.143. The molecule has 0 saturated carbocycles. The zero-order valence-electron chi connectivity index (χ0n) is 13.7. The average Bonchev–Trinajstić information content (AvgIpc) is 3.01. The van der Waals surface area contributed by atoms with E-state index in [0.717, 1.165) is 22.6 Å². The molecule has 3 rings (SSSR count). The zero-order valence-corrected chi connectivity index (χ0v) is 13.7. The van der Waals surface area contributed by atoms with Gasteiger partial charge in [0, 0.05) is 12.1 Å². The van der Waals surface area contributed by atoms with Crippen LogP contribution >= 0.6 is 0 Å². The normalized spacial score (nSPS) is 15.8. The standard InChI is InChI=1S/C19H19NO4/c1-23-15-9-7-13(8-10-15)11-18(21)20-16-6-4-3-5-14(16)12-17(20)19(22)24-2/h3-10,17H,11-12H2,1-2H3. The van der Waals surface area contributed by atoms with Gasteiger partial charge in [-0.25, -0.2) is 4.79 Å². The number of carbonyl (C=O) groups excluding carboxylic acids is 2. The smallest absolute Gasteiger partial charge is 0.329 e. The Labute approximate surface area is 140 Å². The van der Waals surface area contributed by atoms with Crippen LogP contribution in [0.5, 0.6) is 5.75 Å². The maximum absolute atomic E-state index is 12.8. The van der Waals surface area contributed by atoms with Crippen molar-refractivity contribution < 1.29 is 19.1 Å². The van der Waals surface area contributed by atoms with Gasteiger partial charge in [-0.05, 0) is 29.3 Å². The summed E-state index contributed by atoms with van der Waals surface area (Å²) < 4.78 is 10.0. The molecule has 124 valence electrons. The summed E-state index contributed by atoms with van der Waals surface area (Å²) in [5, 5.41) is 0. The Morgan fingerprint density at radius 2 is 1.79 bits per heavy atom. The van der Waals surface area contributed by atoms with Crippen molar-refractivity contribution in [1.29, 1.82) is 0 Å². The summed E-state index contributed by atoms with van der Waals surface area (Å²) in [4.78, 5) is 26.5. The lowest BCUT2D eigenvalue weighted by Crippen LogP contribution is -2.44. The van der Waals surface area contributed by atoms with Crippen molar-refractivity contribution >= 4 is 17.6 Å². The van der Waals surface area contributed by atoms with Gasteiger partial charge in [0.05, 0.1) is 20.6 Å². The number of carbonyl (C=O) groups is 2. The van der Waals surface area contributed by atoms with Crippen molar-refractivity contribution in [2.24, 2.45) is 0 Å². The third-order valence-electron chi connectivity index (χ3n) is 4.23. The van der Waals surface area contributed by atoms with Gasteiger partial charge in [-0.2, -0.15) is 0 Å². The van der Waals surface area contributed by atoms with Crippen LogP contribution in [0.25, 0.3) is 0 Å². The Hall–Kier alpha value is -2.82. The molecule has 0 aliphatic carbocycles. The van der Waals surface area contributed by atoms with Crippen molar-refractivity contribution in [2.45, 2.75) is 18.9 Å². The molecule has 2 aromatic carbocycles. The molecule has 0 bridgehead atoms. The molecule has 5 nitrogen and oxygen atoms in total. The van der Waals surface area contributed by atoms with Crippen LogP contribution in [0.1, 0.15) is 11.1 Å². The van der Waals surface area contributed by atoms with E-state index in [2.05, 4.69) is 0 Å². The number of esters is 1. The molecule has 1 amide bonds. The molecule has 1 heterocycles. The van der Waals surface area contributed by atoms with Gasteiger partial charge >= 0.3 is 5.97 Å². The summed E-state index contributed by atoms with van der Waals surface area (Å²) in [5.41, 5.74) is 2.64. The molecule has 0 radical (unpaired) electrons. The summed E-state index contributed by atoms with van der Waals surface area (Å²) in [6, 6.07) is 14.3. The van der Waals surface area contributed by atoms with E-state index in [4.69, 9.17) is 9.47 Å². The minimum Gasteiger partial charge on any atom is -0.497 e. The van der Waals surface area contributed by atoms with Crippen LogP contribution in [0.4, 0.5) is 5.69 Å². The van der Waals surface area contributed by atoms with Gasteiger partial charge in [-0.3, -0.25) is 9.69 Å². The number of hydrogen-bond donors (Lipinski definition) is 0. The minimum absolute atomic E-state index is 0.125. The van der Waals surface area contributed by atoms with E-state index >= 15 is 0 Å². The number of amides is 1. The van der Waals surface area contributed by atoms with Gasteiger partial charge in [-0.1, -0.05) is 30.3 Å². The van der Waals surface area contributed by atoms with Gasteiger partial charge in [0.15, 0.2) is 0 Å². The van der Waals surface area contributed by atoms with Crippen LogP contribution in [0, 0.1) is 0 Å². The maximum Gasteiger partial charge on any atom is 0.329 e. The Kier molecular flexibility index (Phi) is 4.51. The van der Waals surface area contributed by atoms with E-state index in [1.54, 1.807) is 12.0 Å². The number of anilines is 1. The SMILES string of the molecule is COC(=O)C1Cc2ccccc2N1C(=O)Cc1ccc(OC)cc1. The number of rotatable bonds is 4. The molecule has 1 aliphatic rings. The van der Waals surface area contributed by atoms with Crippen LogP contribution in [-0.2, 0) is 27.2 Å². The Morgan fingerprint density at radius 3 is 2.46 bits per heavy atom. The molecule has 24 heavy (non-hydrogen) atoms. The molecule has 5 heteroatoms. The number of methoxy groups -OCH3 is 2. The highest BCUT2D eigenvalue weighted by molar-refractivity contribution is 6.03. The van der Waals surface area contributed by atoms with Crippen molar-refractivity contribution in [3.05, 3.63) is 59.7 Å². The van der Waals surface area contributed by atoms with Gasteiger partial charge in [0.2, 0.25) is 5.91 Å². The molecule has 0 spiro atoms. The summed E-state index contributed by atoms with van der Waals surface area (Å²) in [5.74, 6) is 0.222. The number of ether oxygens (including phenoxy) is 2. The Morgan fingerprint density at radius 1 is 1.08 bits per heavy atom. The summed E-state index contributed by atoms with van der Waals surface area (Å²) in [6.07, 6.45) is 0.697. The van der Waals surface area contributed by atoms with Gasteiger partial charge in [0.25, 0.3) is 0 Å². The monoisotopic (exact) mass is 325 g/mol. The number of nitrogens with zero attached hydrogens (tertiary/aromatic N) is 1. The lowest BCUT2D eigenvalue weighted by atomic mass is 10.1. The van der Waals surface area contributed by atoms with E-state index in [0.29, 0.717) is 6.42 Å². The second kappa shape index (κ2) is 6.74. The van der Waals surface area contributed by atoms with Gasteiger partial charge < -0.3 is 9.47 Å². The molecule has 1 unspecified atom stereocenters. The van der Waals surface area contributed by atoms with Gasteiger partial charge in [-0.15, -0.1) is 0 Å². The first-order valence-electron chi connectivity index (χ1n) is 7.74. The fourth-order valence-corrected chi connectivity index (χ4v) is 3.02. The van der Waals surface area contributed by atoms with E-state index in [9.17, 15) is 9.59 Å². The van der Waals surface area contributed by atoms with Crippen molar-refractivity contribution in [3.63, 3.8) is 0 Å². The second-order valence-electron chi connectivity index (χ2n) is 5.66. The number of para-hydroxylation sites is 1. The quantitative estimate of drug-likeness (QED) is 0.810. The lowest BCUT2D eigenvalue weighted by Gasteiger charge is -2.23. The predicted molar refractivity (Wildman–Crippen MR) is 90.1 cm³/mol. The molecule has 2 aromatic rings. The van der Waals surface area contributed by atoms with Crippen LogP contribution in [0.15, 0.2) is 48.5 Å². The Bertz CT molecular complexity index is 754. The molecular weight excluding hydrogens is 306 g/mol. The highest BCUT2D eigenvalue weighted by Crippen LogP contribution is 2.33. The molecule has 1 aliphatic heterocycles. The third-order valence-corrected chi connectivity index (χ3v) is 4.23. The summed E-state index contributed by atoms with van der Waals surface area (Å²) in [6.45, 7) is 0. The third kappa shape index (κ3) is 2.97. The highest BCUT2D eigenvalue weighted by Gasteiger charge is 2.38. The fraction of sp³-hybridized carbons (Fsp3) is 0.263. The van der Waals surface area contributed by atoms with E-state index in [-0.39, 0.29) is 12.3 Å².